The molecule has 0 saturated heterocycles. The van der Waals surface area contributed by atoms with Gasteiger partial charge < -0.3 is 35.4 Å². The highest BCUT2D eigenvalue weighted by molar-refractivity contribution is 5.69. The Morgan fingerprint density at radius 1 is 0.667 bits per heavy atom. The summed E-state index contributed by atoms with van der Waals surface area (Å²) in [5.74, 6) is -3.72. The van der Waals surface area contributed by atoms with E-state index >= 15 is 0 Å². The van der Waals surface area contributed by atoms with Crippen LogP contribution >= 0.6 is 0 Å². The molecule has 6 N–H and O–H groups in total. The summed E-state index contributed by atoms with van der Waals surface area (Å²) >= 11 is 0. The first kappa shape index (κ1) is 27.3. The molecular weight excluding hydrogens is 392 g/mol. The highest BCUT2D eigenvalue weighted by atomic mass is 16.7. The van der Waals surface area contributed by atoms with Gasteiger partial charge in [-0.3, -0.25) is 4.79 Å². The van der Waals surface area contributed by atoms with E-state index in [-0.39, 0.29) is 6.42 Å². The number of carbonyl (C=O) groups is 1. The second kappa shape index (κ2) is 14.3. The van der Waals surface area contributed by atoms with Crippen molar-refractivity contribution < 1.29 is 40.2 Å². The molecule has 1 aliphatic rings. The standard InChI is InChI=1S/C22H42O8/c1-2-3-4-5-6-7-8-9-10-11-12-13-14-15-16(23)30-22(29)20(27)18(25)17(24)19(26)21(22)28/h17-21,24-29H,2-15H2,1H3/t17-,18-,19+,20-,21-,22-/m1/s1. The Kier molecular flexibility index (Phi) is 13.0. The molecule has 0 spiro atoms. The number of aliphatic hydroxyl groups excluding tert-OH is 5. The smallest absolute Gasteiger partial charge is 0.308 e. The Morgan fingerprint density at radius 2 is 1.03 bits per heavy atom. The van der Waals surface area contributed by atoms with Crippen molar-refractivity contribution in [2.45, 2.75) is 133 Å². The average Bonchev–Trinajstić information content (AvgIpc) is 2.73. The first-order valence-electron chi connectivity index (χ1n) is 11.6. The van der Waals surface area contributed by atoms with E-state index in [2.05, 4.69) is 6.92 Å². The predicted molar refractivity (Wildman–Crippen MR) is 111 cm³/mol. The third-order valence-corrected chi connectivity index (χ3v) is 5.96. The van der Waals surface area contributed by atoms with Crippen LogP contribution in [0.5, 0.6) is 0 Å². The Labute approximate surface area is 179 Å². The second-order valence-corrected chi connectivity index (χ2v) is 8.58. The monoisotopic (exact) mass is 434 g/mol. The molecule has 6 atom stereocenters. The minimum Gasteiger partial charge on any atom is -0.427 e. The Bertz CT molecular complexity index is 456. The molecule has 8 heteroatoms. The zero-order chi connectivity index (χ0) is 22.6. The molecule has 8 nitrogen and oxygen atoms in total. The van der Waals surface area contributed by atoms with Crippen molar-refractivity contribution in [1.29, 1.82) is 0 Å². The lowest BCUT2D eigenvalue weighted by Crippen LogP contribution is -2.72. The highest BCUT2D eigenvalue weighted by Gasteiger charge is 2.60. The zero-order valence-corrected chi connectivity index (χ0v) is 18.3. The fourth-order valence-corrected chi connectivity index (χ4v) is 3.88. The third kappa shape index (κ3) is 8.40. The summed E-state index contributed by atoms with van der Waals surface area (Å²) in [7, 11) is 0. The van der Waals surface area contributed by atoms with Crippen molar-refractivity contribution in [3.63, 3.8) is 0 Å². The molecule has 178 valence electrons. The molecule has 0 amide bonds. The van der Waals surface area contributed by atoms with Crippen LogP contribution in [0.2, 0.25) is 0 Å². The first-order chi connectivity index (χ1) is 14.3. The Hall–Kier alpha value is -0.770. The van der Waals surface area contributed by atoms with Crippen LogP contribution in [0.3, 0.4) is 0 Å². The summed E-state index contributed by atoms with van der Waals surface area (Å²) < 4.78 is 4.79. The largest absolute Gasteiger partial charge is 0.427 e. The lowest BCUT2D eigenvalue weighted by Gasteiger charge is -2.46. The number of esters is 1. The third-order valence-electron chi connectivity index (χ3n) is 5.96. The molecule has 0 heterocycles. The number of carbonyl (C=O) groups excluding carboxylic acids is 1. The number of rotatable bonds is 15. The molecule has 0 unspecified atom stereocenters. The van der Waals surface area contributed by atoms with Crippen LogP contribution in [-0.2, 0) is 9.53 Å². The summed E-state index contributed by atoms with van der Waals surface area (Å²) in [4.78, 5) is 12.0. The van der Waals surface area contributed by atoms with Crippen LogP contribution in [-0.4, -0.2) is 72.9 Å². The van der Waals surface area contributed by atoms with E-state index in [9.17, 15) is 35.4 Å². The molecule has 0 aliphatic heterocycles. The van der Waals surface area contributed by atoms with Crippen LogP contribution in [0.1, 0.15) is 96.8 Å². The van der Waals surface area contributed by atoms with Gasteiger partial charge in [-0.15, -0.1) is 0 Å². The number of unbranched alkanes of at least 4 members (excludes halogenated alkanes) is 12. The maximum absolute atomic E-state index is 12.0. The Morgan fingerprint density at radius 3 is 1.43 bits per heavy atom. The van der Waals surface area contributed by atoms with Gasteiger partial charge in [0, 0.05) is 6.42 Å². The maximum Gasteiger partial charge on any atom is 0.308 e. The van der Waals surface area contributed by atoms with Gasteiger partial charge in [-0.05, 0) is 6.42 Å². The number of hydrogen-bond donors (Lipinski definition) is 6. The normalized spacial score (nSPS) is 31.6. The van der Waals surface area contributed by atoms with Gasteiger partial charge in [0.05, 0.1) is 0 Å². The molecule has 0 bridgehead atoms. The summed E-state index contributed by atoms with van der Waals surface area (Å²) in [5.41, 5.74) is 0. The minimum absolute atomic E-state index is 0.0196. The summed E-state index contributed by atoms with van der Waals surface area (Å²) in [6.45, 7) is 2.22. The van der Waals surface area contributed by atoms with Crippen molar-refractivity contribution in [2.24, 2.45) is 0 Å². The molecular formula is C22H42O8. The van der Waals surface area contributed by atoms with E-state index < -0.39 is 42.3 Å². The van der Waals surface area contributed by atoms with E-state index in [0.717, 1.165) is 19.3 Å². The maximum atomic E-state index is 12.0. The first-order valence-corrected chi connectivity index (χ1v) is 11.6. The number of aliphatic hydroxyl groups is 6. The lowest BCUT2D eigenvalue weighted by molar-refractivity contribution is -0.347. The van der Waals surface area contributed by atoms with Crippen LogP contribution in [0, 0.1) is 0 Å². The molecule has 30 heavy (non-hydrogen) atoms. The van der Waals surface area contributed by atoms with Crippen LogP contribution in [0.15, 0.2) is 0 Å². The van der Waals surface area contributed by atoms with Crippen LogP contribution in [0.25, 0.3) is 0 Å². The van der Waals surface area contributed by atoms with Gasteiger partial charge in [0.2, 0.25) is 0 Å². The van der Waals surface area contributed by atoms with E-state index in [1.54, 1.807) is 0 Å². The fourth-order valence-electron chi connectivity index (χ4n) is 3.88. The summed E-state index contributed by atoms with van der Waals surface area (Å²) in [5, 5.41) is 58.9. The molecule has 1 fully saturated rings. The fraction of sp³-hybridized carbons (Fsp3) is 0.955. The highest BCUT2D eigenvalue weighted by Crippen LogP contribution is 2.32. The van der Waals surface area contributed by atoms with E-state index in [1.165, 1.54) is 57.8 Å². The number of hydrogen-bond acceptors (Lipinski definition) is 8. The molecule has 0 radical (unpaired) electrons. The van der Waals surface area contributed by atoms with Gasteiger partial charge in [0.15, 0.2) is 12.2 Å². The molecule has 0 aromatic carbocycles. The quantitative estimate of drug-likeness (QED) is 0.129. The van der Waals surface area contributed by atoms with Crippen molar-refractivity contribution >= 4 is 5.97 Å². The molecule has 0 aromatic rings. The minimum atomic E-state index is -2.87. The molecule has 0 aromatic heterocycles. The van der Waals surface area contributed by atoms with Gasteiger partial charge in [0.1, 0.15) is 18.3 Å². The molecule has 1 rings (SSSR count). The van der Waals surface area contributed by atoms with Crippen molar-refractivity contribution in [2.75, 3.05) is 0 Å². The SMILES string of the molecule is CCCCCCCCCCCCCCCC(=O)O[C@]1(O)[C@H](O)[C@H](O)[C@@H](O)[C@H](O)[C@H]1O. The van der Waals surface area contributed by atoms with Gasteiger partial charge in [-0.1, -0.05) is 84.0 Å². The van der Waals surface area contributed by atoms with Crippen LogP contribution in [0.4, 0.5) is 0 Å². The van der Waals surface area contributed by atoms with E-state index in [4.69, 9.17) is 4.74 Å². The average molecular weight is 435 g/mol. The molecule has 1 aliphatic carbocycles. The van der Waals surface area contributed by atoms with E-state index in [1.807, 2.05) is 0 Å². The number of ether oxygens (including phenoxy) is 1. The summed E-state index contributed by atoms with van der Waals surface area (Å²) in [6, 6.07) is 0. The second-order valence-electron chi connectivity index (χ2n) is 8.58. The van der Waals surface area contributed by atoms with Crippen molar-refractivity contribution in [3.8, 4) is 0 Å². The molecule has 1 saturated carbocycles. The Balaban J connectivity index is 2.12. The van der Waals surface area contributed by atoms with Crippen molar-refractivity contribution in [3.05, 3.63) is 0 Å². The van der Waals surface area contributed by atoms with E-state index in [0.29, 0.717) is 6.42 Å². The van der Waals surface area contributed by atoms with Gasteiger partial charge in [-0.2, -0.15) is 0 Å². The van der Waals surface area contributed by atoms with Gasteiger partial charge in [0.25, 0.3) is 5.79 Å². The summed E-state index contributed by atoms with van der Waals surface area (Å²) in [6.07, 6.45) is 4.96. The van der Waals surface area contributed by atoms with Gasteiger partial charge >= 0.3 is 5.97 Å². The van der Waals surface area contributed by atoms with Crippen molar-refractivity contribution in [1.82, 2.24) is 0 Å². The predicted octanol–water partition coefficient (Wildman–Crippen LogP) is 1.52. The topological polar surface area (TPSA) is 148 Å². The zero-order valence-electron chi connectivity index (χ0n) is 18.3. The van der Waals surface area contributed by atoms with Gasteiger partial charge in [-0.25, -0.2) is 0 Å². The van der Waals surface area contributed by atoms with Crippen LogP contribution < -0.4 is 0 Å². The lowest BCUT2D eigenvalue weighted by atomic mass is 9.82.